The normalized spacial score (nSPS) is 11.4. The van der Waals surface area contributed by atoms with Gasteiger partial charge in [-0.1, -0.05) is 42.0 Å². The molecule has 119 valence electrons. The molecule has 0 N–H and O–H groups in total. The van der Waals surface area contributed by atoms with Crippen molar-refractivity contribution >= 4 is 38.4 Å². The molecule has 5 rings (SSSR count). The van der Waals surface area contributed by atoms with Gasteiger partial charge in [-0.15, -0.1) is 23.8 Å². The van der Waals surface area contributed by atoms with Gasteiger partial charge in [-0.3, -0.25) is 4.98 Å². The number of aryl methyl sites for hydroxylation is 2. The van der Waals surface area contributed by atoms with Gasteiger partial charge in [-0.25, -0.2) is 0 Å². The van der Waals surface area contributed by atoms with Crippen molar-refractivity contribution in [3.8, 4) is 0 Å². The van der Waals surface area contributed by atoms with Crippen LogP contribution in [-0.2, 0) is 20.1 Å². The van der Waals surface area contributed by atoms with Crippen LogP contribution in [0.2, 0.25) is 0 Å². The second-order valence-corrected chi connectivity index (χ2v) is 6.19. The Bertz CT molecular complexity index is 1230. The van der Waals surface area contributed by atoms with E-state index in [1.165, 1.54) is 27.4 Å². The third-order valence-electron chi connectivity index (χ3n) is 4.65. The molecule has 0 aliphatic carbocycles. The van der Waals surface area contributed by atoms with Crippen LogP contribution in [0.5, 0.6) is 0 Å². The molecule has 0 amide bonds. The van der Waals surface area contributed by atoms with Gasteiger partial charge in [0.15, 0.2) is 0 Å². The summed E-state index contributed by atoms with van der Waals surface area (Å²) < 4.78 is 2.27. The average Bonchev–Trinajstić information content (AvgIpc) is 2.94. The number of nitrogens with zero attached hydrogens (tertiary/aromatic N) is 2. The van der Waals surface area contributed by atoms with Crippen molar-refractivity contribution in [1.82, 2.24) is 9.38 Å². The molecule has 0 fully saturated rings. The minimum atomic E-state index is 0. The van der Waals surface area contributed by atoms with E-state index in [0.717, 1.165) is 22.1 Å². The van der Waals surface area contributed by atoms with Gasteiger partial charge in [-0.05, 0) is 36.1 Å². The monoisotopic (exact) mass is 488 g/mol. The first-order valence-corrected chi connectivity index (χ1v) is 7.84. The first-order valence-electron chi connectivity index (χ1n) is 7.84. The Morgan fingerprint density at radius 2 is 1.79 bits per heavy atom. The maximum atomic E-state index is 4.91. The van der Waals surface area contributed by atoms with Crippen LogP contribution in [0.1, 0.15) is 11.1 Å². The van der Waals surface area contributed by atoms with E-state index in [2.05, 4.69) is 72.8 Å². The molecule has 3 heteroatoms. The summed E-state index contributed by atoms with van der Waals surface area (Å²) >= 11 is 0. The Kier molecular flexibility index (Phi) is 3.45. The van der Waals surface area contributed by atoms with Crippen LogP contribution in [0.3, 0.4) is 0 Å². The maximum absolute atomic E-state index is 4.91. The van der Waals surface area contributed by atoms with Crippen LogP contribution in [0.25, 0.3) is 38.4 Å². The molecule has 2 nitrogen and oxygen atoms in total. The van der Waals surface area contributed by atoms with Gasteiger partial charge in [-0.2, -0.15) is 0 Å². The summed E-state index contributed by atoms with van der Waals surface area (Å²) in [6.45, 7) is 4.28. The van der Waals surface area contributed by atoms with Crippen LogP contribution in [-0.4, -0.2) is 9.38 Å². The molecule has 0 atom stereocenters. The standard InChI is InChI=1S/C21H15N2.Ir/c1-13-10-11-17-19(12-13)23-18-9-4-3-7-15(18)20-14(2)6-5-8-16(20)21(23)22-17;/h3-7,9-12H,1-2H3;/q-1;. The maximum Gasteiger partial charge on any atom is 0.0774 e. The van der Waals surface area contributed by atoms with Crippen molar-refractivity contribution in [2.45, 2.75) is 13.8 Å². The fourth-order valence-corrected chi connectivity index (χ4v) is 3.60. The number of hydrogen-bond donors (Lipinski definition) is 0. The minimum absolute atomic E-state index is 0. The third-order valence-corrected chi connectivity index (χ3v) is 4.65. The van der Waals surface area contributed by atoms with E-state index >= 15 is 0 Å². The Hall–Kier alpha value is -2.22. The Morgan fingerprint density at radius 3 is 2.67 bits per heavy atom. The van der Waals surface area contributed by atoms with Crippen LogP contribution < -0.4 is 0 Å². The second kappa shape index (κ2) is 5.41. The zero-order valence-corrected chi connectivity index (χ0v) is 15.8. The molecule has 0 saturated carbocycles. The third kappa shape index (κ3) is 1.95. The summed E-state index contributed by atoms with van der Waals surface area (Å²) in [5.74, 6) is 0. The van der Waals surface area contributed by atoms with E-state index in [9.17, 15) is 0 Å². The predicted molar refractivity (Wildman–Crippen MR) is 96.0 cm³/mol. The summed E-state index contributed by atoms with van der Waals surface area (Å²) in [5, 5.41) is 3.60. The molecule has 0 aliphatic heterocycles. The number of aromatic nitrogens is 2. The van der Waals surface area contributed by atoms with E-state index in [1.807, 2.05) is 6.07 Å². The number of fused-ring (bicyclic) bond motifs is 8. The van der Waals surface area contributed by atoms with Crippen LogP contribution in [0.4, 0.5) is 0 Å². The number of pyridine rings is 1. The number of hydrogen-bond acceptors (Lipinski definition) is 1. The van der Waals surface area contributed by atoms with Crippen molar-refractivity contribution in [3.63, 3.8) is 0 Å². The molecule has 0 aliphatic rings. The van der Waals surface area contributed by atoms with E-state index in [1.54, 1.807) is 0 Å². The zero-order chi connectivity index (χ0) is 15.6. The van der Waals surface area contributed by atoms with E-state index in [-0.39, 0.29) is 20.1 Å². The predicted octanol–water partition coefficient (Wildman–Crippen LogP) is 5.21. The molecular weight excluding hydrogens is 472 g/mol. The quantitative estimate of drug-likeness (QED) is 0.217. The number of para-hydroxylation sites is 1. The average molecular weight is 488 g/mol. The topological polar surface area (TPSA) is 17.3 Å². The van der Waals surface area contributed by atoms with E-state index < -0.39 is 0 Å². The van der Waals surface area contributed by atoms with Crippen LogP contribution >= 0.6 is 0 Å². The number of rotatable bonds is 0. The van der Waals surface area contributed by atoms with Crippen molar-refractivity contribution in [1.29, 1.82) is 0 Å². The van der Waals surface area contributed by atoms with Crippen LogP contribution in [0.15, 0.2) is 54.6 Å². The number of imidazole rings is 1. The van der Waals surface area contributed by atoms with Gasteiger partial charge in [0.1, 0.15) is 0 Å². The van der Waals surface area contributed by atoms with Crippen molar-refractivity contribution in [3.05, 3.63) is 71.8 Å². The Balaban J connectivity index is 0.00000146. The van der Waals surface area contributed by atoms with E-state index in [0.29, 0.717) is 0 Å². The van der Waals surface area contributed by atoms with Crippen molar-refractivity contribution in [2.75, 3.05) is 0 Å². The summed E-state index contributed by atoms with van der Waals surface area (Å²) in [6.07, 6.45) is 0. The van der Waals surface area contributed by atoms with Crippen molar-refractivity contribution < 1.29 is 20.1 Å². The van der Waals surface area contributed by atoms with Crippen LogP contribution in [0, 0.1) is 19.9 Å². The van der Waals surface area contributed by atoms with Gasteiger partial charge < -0.3 is 4.40 Å². The molecule has 0 spiro atoms. The molecule has 0 saturated heterocycles. The smallest absolute Gasteiger partial charge is 0.0774 e. The van der Waals surface area contributed by atoms with Gasteiger partial charge in [0.05, 0.1) is 16.7 Å². The fraction of sp³-hybridized carbons (Fsp3) is 0.0952. The molecule has 2 aromatic heterocycles. The zero-order valence-electron chi connectivity index (χ0n) is 13.4. The summed E-state index contributed by atoms with van der Waals surface area (Å²) in [5.41, 5.74) is 6.89. The van der Waals surface area contributed by atoms with Gasteiger partial charge in [0, 0.05) is 25.6 Å². The largest absolute Gasteiger partial charge is 0.333 e. The molecule has 0 bridgehead atoms. The summed E-state index contributed by atoms with van der Waals surface area (Å²) in [4.78, 5) is 4.91. The molecule has 3 aromatic carbocycles. The first kappa shape index (κ1) is 15.3. The number of benzene rings is 3. The van der Waals surface area contributed by atoms with Gasteiger partial charge in [0.2, 0.25) is 0 Å². The van der Waals surface area contributed by atoms with Gasteiger partial charge in [0.25, 0.3) is 0 Å². The molecule has 0 unspecified atom stereocenters. The molecular formula is C21H15IrN2-. The Morgan fingerprint density at radius 1 is 0.958 bits per heavy atom. The summed E-state index contributed by atoms with van der Waals surface area (Å²) in [7, 11) is 0. The van der Waals surface area contributed by atoms with Crippen molar-refractivity contribution in [2.24, 2.45) is 0 Å². The first-order chi connectivity index (χ1) is 11.2. The summed E-state index contributed by atoms with van der Waals surface area (Å²) in [6, 6.07) is 22.5. The molecule has 1 radical (unpaired) electrons. The second-order valence-electron chi connectivity index (χ2n) is 6.19. The fourth-order valence-electron chi connectivity index (χ4n) is 3.60. The molecule has 2 heterocycles. The van der Waals surface area contributed by atoms with Gasteiger partial charge >= 0.3 is 0 Å². The molecule has 24 heavy (non-hydrogen) atoms. The van der Waals surface area contributed by atoms with E-state index in [4.69, 9.17) is 4.98 Å². The SMILES string of the molecule is Cc1ccc2nc3c4[c-]ccc(C)c4c4ccccc4n3c2c1.[Ir]. The molecule has 5 aromatic rings. The minimum Gasteiger partial charge on any atom is -0.333 e. The Labute approximate surface area is 153 Å².